The Bertz CT molecular complexity index is 563. The minimum absolute atomic E-state index is 0.175. The molecular weight excluding hydrogens is 314 g/mol. The SMILES string of the molecule is CC(C)(CN)c1nn(-c2ccccc2Cl)cc1Br. The Balaban J connectivity index is 2.51. The molecule has 0 bridgehead atoms. The largest absolute Gasteiger partial charge is 0.330 e. The van der Waals surface area contributed by atoms with Crippen LogP contribution in [0.5, 0.6) is 0 Å². The summed E-state index contributed by atoms with van der Waals surface area (Å²) in [6.45, 7) is 4.67. The molecular formula is C13H15BrClN3. The number of nitrogens with zero attached hydrogens (tertiary/aromatic N) is 2. The molecule has 96 valence electrons. The first-order valence-electron chi connectivity index (χ1n) is 5.66. The minimum Gasteiger partial charge on any atom is -0.330 e. The Morgan fingerprint density at radius 3 is 2.67 bits per heavy atom. The second-order valence-electron chi connectivity index (χ2n) is 4.81. The van der Waals surface area contributed by atoms with Crippen molar-refractivity contribution in [2.45, 2.75) is 19.3 Å². The number of para-hydroxylation sites is 1. The Labute approximate surface area is 120 Å². The van der Waals surface area contributed by atoms with E-state index in [1.807, 2.05) is 30.5 Å². The lowest BCUT2D eigenvalue weighted by Gasteiger charge is -2.20. The predicted octanol–water partition coefficient (Wildman–Crippen LogP) is 3.52. The van der Waals surface area contributed by atoms with Crippen LogP contribution in [0.2, 0.25) is 5.02 Å². The Morgan fingerprint density at radius 2 is 2.06 bits per heavy atom. The van der Waals surface area contributed by atoms with Gasteiger partial charge in [-0.3, -0.25) is 0 Å². The summed E-state index contributed by atoms with van der Waals surface area (Å²) in [5.41, 5.74) is 7.41. The highest BCUT2D eigenvalue weighted by molar-refractivity contribution is 9.10. The fourth-order valence-electron chi connectivity index (χ4n) is 1.67. The molecule has 3 nitrogen and oxygen atoms in total. The van der Waals surface area contributed by atoms with Crippen LogP contribution in [0.25, 0.3) is 5.69 Å². The van der Waals surface area contributed by atoms with E-state index < -0.39 is 0 Å². The molecule has 0 atom stereocenters. The zero-order chi connectivity index (χ0) is 13.3. The third kappa shape index (κ3) is 2.46. The summed E-state index contributed by atoms with van der Waals surface area (Å²) in [6, 6.07) is 7.61. The number of benzene rings is 1. The highest BCUT2D eigenvalue weighted by atomic mass is 79.9. The molecule has 1 heterocycles. The zero-order valence-electron chi connectivity index (χ0n) is 10.3. The molecule has 1 aromatic heterocycles. The van der Waals surface area contributed by atoms with Gasteiger partial charge in [0.2, 0.25) is 0 Å². The zero-order valence-corrected chi connectivity index (χ0v) is 12.7. The highest BCUT2D eigenvalue weighted by Gasteiger charge is 2.25. The molecule has 0 aliphatic carbocycles. The molecule has 0 amide bonds. The molecule has 5 heteroatoms. The van der Waals surface area contributed by atoms with Gasteiger partial charge in [0, 0.05) is 18.2 Å². The molecule has 0 unspecified atom stereocenters. The normalized spacial score (nSPS) is 11.8. The van der Waals surface area contributed by atoms with Gasteiger partial charge in [-0.2, -0.15) is 5.10 Å². The second kappa shape index (κ2) is 5.03. The quantitative estimate of drug-likeness (QED) is 0.937. The average Bonchev–Trinajstić information content (AvgIpc) is 2.72. The second-order valence-corrected chi connectivity index (χ2v) is 6.07. The van der Waals surface area contributed by atoms with E-state index in [2.05, 4.69) is 34.9 Å². The average molecular weight is 329 g/mol. The summed E-state index contributed by atoms with van der Waals surface area (Å²) in [7, 11) is 0. The summed E-state index contributed by atoms with van der Waals surface area (Å²) in [5.74, 6) is 0. The Kier molecular flexibility index (Phi) is 3.80. The summed E-state index contributed by atoms with van der Waals surface area (Å²) in [5, 5.41) is 5.26. The molecule has 2 aromatic rings. The van der Waals surface area contributed by atoms with E-state index >= 15 is 0 Å². The lowest BCUT2D eigenvalue weighted by Crippen LogP contribution is -2.29. The highest BCUT2D eigenvalue weighted by Crippen LogP contribution is 2.30. The number of hydrogen-bond donors (Lipinski definition) is 1. The van der Waals surface area contributed by atoms with E-state index in [9.17, 15) is 0 Å². The van der Waals surface area contributed by atoms with Gasteiger partial charge in [-0.15, -0.1) is 0 Å². The molecule has 0 aliphatic heterocycles. The maximum Gasteiger partial charge on any atom is 0.0839 e. The fraction of sp³-hybridized carbons (Fsp3) is 0.308. The summed E-state index contributed by atoms with van der Waals surface area (Å²) in [4.78, 5) is 0. The Morgan fingerprint density at radius 1 is 1.39 bits per heavy atom. The van der Waals surface area contributed by atoms with Gasteiger partial charge in [0.05, 0.1) is 20.9 Å². The summed E-state index contributed by atoms with van der Waals surface area (Å²) < 4.78 is 2.72. The third-order valence-electron chi connectivity index (χ3n) is 2.92. The van der Waals surface area contributed by atoms with E-state index in [0.717, 1.165) is 15.9 Å². The molecule has 0 saturated carbocycles. The maximum absolute atomic E-state index is 6.17. The number of halogens is 2. The third-order valence-corrected chi connectivity index (χ3v) is 3.82. The van der Waals surface area contributed by atoms with Crippen molar-refractivity contribution in [3.63, 3.8) is 0 Å². The molecule has 0 saturated heterocycles. The van der Waals surface area contributed by atoms with Gasteiger partial charge >= 0.3 is 0 Å². The summed E-state index contributed by atoms with van der Waals surface area (Å²) >= 11 is 9.70. The van der Waals surface area contributed by atoms with Gasteiger partial charge in [0.15, 0.2) is 0 Å². The van der Waals surface area contributed by atoms with E-state index in [0.29, 0.717) is 11.6 Å². The Hall–Kier alpha value is -0.840. The van der Waals surface area contributed by atoms with Crippen LogP contribution in [-0.4, -0.2) is 16.3 Å². The van der Waals surface area contributed by atoms with Crippen LogP contribution in [0.4, 0.5) is 0 Å². The van der Waals surface area contributed by atoms with Crippen molar-refractivity contribution in [3.05, 3.63) is 45.7 Å². The minimum atomic E-state index is -0.175. The van der Waals surface area contributed by atoms with Crippen molar-refractivity contribution in [2.24, 2.45) is 5.73 Å². The maximum atomic E-state index is 6.17. The standard InChI is InChI=1S/C13H15BrClN3/c1-13(2,8-16)12-9(14)7-18(17-12)11-6-4-3-5-10(11)15/h3-7H,8,16H2,1-2H3. The molecule has 2 N–H and O–H groups in total. The van der Waals surface area contributed by atoms with Crippen LogP contribution in [0.3, 0.4) is 0 Å². The van der Waals surface area contributed by atoms with Crippen molar-refractivity contribution in [2.75, 3.05) is 6.54 Å². The van der Waals surface area contributed by atoms with Crippen molar-refractivity contribution < 1.29 is 0 Å². The van der Waals surface area contributed by atoms with Gasteiger partial charge in [-0.1, -0.05) is 37.6 Å². The molecule has 0 aliphatic rings. The number of nitrogens with two attached hydrogens (primary N) is 1. The van der Waals surface area contributed by atoms with Crippen LogP contribution in [0, 0.1) is 0 Å². The first-order chi connectivity index (χ1) is 8.45. The van der Waals surface area contributed by atoms with Gasteiger partial charge in [0.1, 0.15) is 0 Å². The van der Waals surface area contributed by atoms with Crippen LogP contribution >= 0.6 is 27.5 Å². The molecule has 18 heavy (non-hydrogen) atoms. The van der Waals surface area contributed by atoms with Crippen molar-refractivity contribution in [1.82, 2.24) is 9.78 Å². The van der Waals surface area contributed by atoms with E-state index in [1.165, 1.54) is 0 Å². The molecule has 2 rings (SSSR count). The van der Waals surface area contributed by atoms with Crippen LogP contribution < -0.4 is 5.73 Å². The van der Waals surface area contributed by atoms with Gasteiger partial charge < -0.3 is 5.73 Å². The van der Waals surface area contributed by atoms with E-state index in [1.54, 1.807) is 4.68 Å². The van der Waals surface area contributed by atoms with Gasteiger partial charge in [-0.05, 0) is 28.1 Å². The van der Waals surface area contributed by atoms with Gasteiger partial charge in [-0.25, -0.2) is 4.68 Å². The van der Waals surface area contributed by atoms with Crippen molar-refractivity contribution in [3.8, 4) is 5.69 Å². The van der Waals surface area contributed by atoms with Crippen molar-refractivity contribution in [1.29, 1.82) is 0 Å². The van der Waals surface area contributed by atoms with Crippen LogP contribution in [0.1, 0.15) is 19.5 Å². The summed E-state index contributed by atoms with van der Waals surface area (Å²) in [6.07, 6.45) is 1.91. The lowest BCUT2D eigenvalue weighted by molar-refractivity contribution is 0.513. The molecule has 0 fully saturated rings. The first kappa shape index (κ1) is 13.6. The molecule has 1 aromatic carbocycles. The molecule has 0 spiro atoms. The predicted molar refractivity (Wildman–Crippen MR) is 78.4 cm³/mol. The van der Waals surface area contributed by atoms with Crippen LogP contribution in [0.15, 0.2) is 34.9 Å². The number of rotatable bonds is 3. The van der Waals surface area contributed by atoms with Gasteiger partial charge in [0.25, 0.3) is 0 Å². The lowest BCUT2D eigenvalue weighted by atomic mass is 9.90. The van der Waals surface area contributed by atoms with Crippen molar-refractivity contribution >= 4 is 27.5 Å². The number of aromatic nitrogens is 2. The first-order valence-corrected chi connectivity index (χ1v) is 6.83. The smallest absolute Gasteiger partial charge is 0.0839 e. The van der Waals surface area contributed by atoms with E-state index in [4.69, 9.17) is 17.3 Å². The fourth-order valence-corrected chi connectivity index (χ4v) is 2.70. The number of hydrogen-bond acceptors (Lipinski definition) is 2. The van der Waals surface area contributed by atoms with E-state index in [-0.39, 0.29) is 5.41 Å². The van der Waals surface area contributed by atoms with Crippen LogP contribution in [-0.2, 0) is 5.41 Å². The molecule has 0 radical (unpaired) electrons. The topological polar surface area (TPSA) is 43.8 Å². The monoisotopic (exact) mass is 327 g/mol.